The van der Waals surface area contributed by atoms with Crippen LogP contribution in [0.2, 0.25) is 0 Å². The van der Waals surface area contributed by atoms with Gasteiger partial charge in [-0.05, 0) is 25.8 Å². The molecule has 3 rings (SSSR count). The van der Waals surface area contributed by atoms with Crippen molar-refractivity contribution in [1.29, 1.82) is 0 Å². The van der Waals surface area contributed by atoms with Gasteiger partial charge >= 0.3 is 0 Å². The summed E-state index contributed by atoms with van der Waals surface area (Å²) in [6.45, 7) is 12.5. The van der Waals surface area contributed by atoms with Crippen molar-refractivity contribution in [2.75, 3.05) is 5.43 Å². The molecule has 1 aromatic heterocycles. The van der Waals surface area contributed by atoms with Crippen molar-refractivity contribution in [3.8, 4) is 0 Å². The van der Waals surface area contributed by atoms with E-state index in [0.29, 0.717) is 0 Å². The Morgan fingerprint density at radius 2 is 1.88 bits per heavy atom. The molecule has 2 aromatic rings. The average Bonchev–Trinajstić information content (AvgIpc) is 3.11. The molecule has 0 saturated heterocycles. The molecule has 1 heterocycles. The number of nitrogens with zero attached hydrogens (tertiary/aromatic N) is 2. The lowest BCUT2D eigenvalue weighted by Crippen LogP contribution is -2.21. The van der Waals surface area contributed by atoms with Gasteiger partial charge in [-0.15, -0.1) is 0 Å². The number of benzene rings is 1. The minimum atomic E-state index is 0.0490. The highest BCUT2D eigenvalue weighted by Gasteiger charge is 2.35. The van der Waals surface area contributed by atoms with E-state index in [-0.39, 0.29) is 5.41 Å². The highest BCUT2D eigenvalue weighted by Crippen LogP contribution is 2.36. The van der Waals surface area contributed by atoms with E-state index in [4.69, 9.17) is 5.10 Å². The Morgan fingerprint density at radius 3 is 2.50 bits per heavy atom. The number of anilines is 1. The number of nitrogens with one attached hydrogen (secondary N) is 1. The van der Waals surface area contributed by atoms with Crippen LogP contribution >= 0.6 is 11.3 Å². The first-order valence-electron chi connectivity index (χ1n) is 8.57. The minimum Gasteiger partial charge on any atom is -0.252 e. The Balaban J connectivity index is 0.00000100. The molecule has 3 nitrogen and oxygen atoms in total. The van der Waals surface area contributed by atoms with Crippen LogP contribution in [-0.4, -0.2) is 10.7 Å². The van der Waals surface area contributed by atoms with E-state index in [1.807, 2.05) is 33.8 Å². The van der Waals surface area contributed by atoms with Gasteiger partial charge in [0.15, 0.2) is 0 Å². The molecule has 1 aliphatic rings. The van der Waals surface area contributed by atoms with Gasteiger partial charge in [0, 0.05) is 11.0 Å². The van der Waals surface area contributed by atoms with Gasteiger partial charge in [0.2, 0.25) is 5.13 Å². The van der Waals surface area contributed by atoms with Gasteiger partial charge in [0.25, 0.3) is 0 Å². The summed E-state index contributed by atoms with van der Waals surface area (Å²) < 4.78 is 1.18. The van der Waals surface area contributed by atoms with Crippen molar-refractivity contribution in [1.82, 2.24) is 4.98 Å². The molecule has 1 N–H and O–H groups in total. The molecule has 0 unspecified atom stereocenters. The Kier molecular flexibility index (Phi) is 5.94. The second kappa shape index (κ2) is 7.75. The molecule has 1 aromatic carbocycles. The lowest BCUT2D eigenvalue weighted by atomic mass is 9.88. The summed E-state index contributed by atoms with van der Waals surface area (Å²) in [7, 11) is 0. The molecular formula is C20H27N3S. The molecule has 128 valence electrons. The van der Waals surface area contributed by atoms with Crippen LogP contribution in [0.1, 0.15) is 52.7 Å². The first-order chi connectivity index (χ1) is 11.5. The quantitative estimate of drug-likeness (QED) is 0.833. The van der Waals surface area contributed by atoms with Crippen LogP contribution in [0.4, 0.5) is 5.13 Å². The number of hydrogen-bond acceptors (Lipinski definition) is 4. The summed E-state index contributed by atoms with van der Waals surface area (Å²) in [5.41, 5.74) is 6.95. The zero-order chi connectivity index (χ0) is 17.7. The maximum Gasteiger partial charge on any atom is 0.204 e. The fourth-order valence-corrected chi connectivity index (χ4v) is 3.78. The Labute approximate surface area is 148 Å². The zero-order valence-corrected chi connectivity index (χ0v) is 16.3. The van der Waals surface area contributed by atoms with E-state index in [1.165, 1.54) is 15.7 Å². The monoisotopic (exact) mass is 341 g/mol. The van der Waals surface area contributed by atoms with Crippen molar-refractivity contribution in [2.45, 2.75) is 48.0 Å². The zero-order valence-electron chi connectivity index (χ0n) is 15.5. The highest BCUT2D eigenvalue weighted by molar-refractivity contribution is 7.13. The SMILES string of the molecule is C/C=c1/nc(N/N=C2\c3ccccc3CC2(C)C)s/c1=C/C.CC. The first-order valence-corrected chi connectivity index (χ1v) is 9.39. The van der Waals surface area contributed by atoms with Crippen molar-refractivity contribution in [3.63, 3.8) is 0 Å². The molecule has 0 radical (unpaired) electrons. The highest BCUT2D eigenvalue weighted by atomic mass is 32.1. The van der Waals surface area contributed by atoms with E-state index >= 15 is 0 Å². The molecule has 1 aliphatic carbocycles. The van der Waals surface area contributed by atoms with Crippen LogP contribution < -0.4 is 15.3 Å². The molecule has 0 aliphatic heterocycles. The first kappa shape index (κ1) is 18.4. The summed E-state index contributed by atoms with van der Waals surface area (Å²) in [4.78, 5) is 4.58. The van der Waals surface area contributed by atoms with Crippen LogP contribution in [0, 0.1) is 5.41 Å². The third kappa shape index (κ3) is 3.59. The summed E-state index contributed by atoms with van der Waals surface area (Å²) in [5.74, 6) is 0. The van der Waals surface area contributed by atoms with Crippen LogP contribution in [0.25, 0.3) is 12.2 Å². The smallest absolute Gasteiger partial charge is 0.204 e. The molecule has 0 saturated carbocycles. The minimum absolute atomic E-state index is 0.0490. The number of hydrazone groups is 1. The van der Waals surface area contributed by atoms with Gasteiger partial charge in [-0.1, -0.05) is 75.4 Å². The van der Waals surface area contributed by atoms with Crippen LogP contribution in [0.3, 0.4) is 0 Å². The van der Waals surface area contributed by atoms with E-state index in [2.05, 4.69) is 54.6 Å². The Hall–Kier alpha value is -1.94. The summed E-state index contributed by atoms with van der Waals surface area (Å²) in [6.07, 6.45) is 5.14. The predicted molar refractivity (Wildman–Crippen MR) is 107 cm³/mol. The molecule has 0 bridgehead atoms. The molecule has 4 heteroatoms. The largest absolute Gasteiger partial charge is 0.252 e. The number of fused-ring (bicyclic) bond motifs is 1. The lowest BCUT2D eigenvalue weighted by Gasteiger charge is -2.18. The molecule has 0 atom stereocenters. The van der Waals surface area contributed by atoms with Crippen LogP contribution in [-0.2, 0) is 6.42 Å². The van der Waals surface area contributed by atoms with Crippen LogP contribution in [0.5, 0.6) is 0 Å². The van der Waals surface area contributed by atoms with Gasteiger partial charge in [-0.25, -0.2) is 4.98 Å². The molecule has 0 fully saturated rings. The second-order valence-electron chi connectivity index (χ2n) is 6.14. The standard InChI is InChI=1S/C18H21N3S.C2H6/c1-5-14-15(6-2)22-17(19-14)21-20-16-13-10-8-7-9-12(13)11-18(16,3)4;1-2/h5-10H,11H2,1-4H3,(H,19,21);1-2H3/b14-5+,15-6+,20-16+;. The summed E-state index contributed by atoms with van der Waals surface area (Å²) in [6, 6.07) is 8.52. The van der Waals surface area contributed by atoms with Crippen LogP contribution in [0.15, 0.2) is 29.4 Å². The number of rotatable bonds is 2. The van der Waals surface area contributed by atoms with Crippen molar-refractivity contribution >= 4 is 34.3 Å². The number of thiazole rings is 1. The fourth-order valence-electron chi connectivity index (χ4n) is 2.95. The van der Waals surface area contributed by atoms with E-state index in [9.17, 15) is 0 Å². The normalized spacial score (nSPS) is 18.3. The molecule has 0 amide bonds. The van der Waals surface area contributed by atoms with Gasteiger partial charge < -0.3 is 0 Å². The third-order valence-corrected chi connectivity index (χ3v) is 5.07. The predicted octanol–water partition coefficient (Wildman–Crippen LogP) is 4.17. The van der Waals surface area contributed by atoms with Gasteiger partial charge in [0.05, 0.1) is 15.6 Å². The van der Waals surface area contributed by atoms with E-state index in [0.717, 1.165) is 22.6 Å². The maximum absolute atomic E-state index is 4.70. The van der Waals surface area contributed by atoms with E-state index in [1.54, 1.807) is 11.3 Å². The summed E-state index contributed by atoms with van der Waals surface area (Å²) in [5, 5.41) is 6.55. The molecular weight excluding hydrogens is 314 g/mol. The molecule has 24 heavy (non-hydrogen) atoms. The molecule has 0 spiro atoms. The Morgan fingerprint density at radius 1 is 1.17 bits per heavy atom. The number of hydrogen-bond donors (Lipinski definition) is 1. The summed E-state index contributed by atoms with van der Waals surface area (Å²) >= 11 is 1.63. The fraction of sp³-hybridized carbons (Fsp3) is 0.400. The van der Waals surface area contributed by atoms with Crippen molar-refractivity contribution < 1.29 is 0 Å². The van der Waals surface area contributed by atoms with E-state index < -0.39 is 0 Å². The lowest BCUT2D eigenvalue weighted by molar-refractivity contribution is 0.540. The third-order valence-electron chi connectivity index (χ3n) is 4.03. The van der Waals surface area contributed by atoms with Gasteiger partial charge in [-0.3, -0.25) is 5.43 Å². The number of aromatic nitrogens is 1. The van der Waals surface area contributed by atoms with Crippen molar-refractivity contribution in [3.05, 3.63) is 45.3 Å². The van der Waals surface area contributed by atoms with Gasteiger partial charge in [-0.2, -0.15) is 5.10 Å². The van der Waals surface area contributed by atoms with Gasteiger partial charge in [0.1, 0.15) is 0 Å². The maximum atomic E-state index is 4.70. The average molecular weight is 342 g/mol. The second-order valence-corrected chi connectivity index (χ2v) is 7.17. The topological polar surface area (TPSA) is 37.3 Å². The Bertz CT molecular complexity index is 813. The van der Waals surface area contributed by atoms with Crippen molar-refractivity contribution in [2.24, 2.45) is 10.5 Å².